The highest BCUT2D eigenvalue weighted by Gasteiger charge is 2.52. The smallest absolute Gasteiger partial charge is 0.129 e. The molecule has 3 rings (SSSR count). The second-order valence-corrected chi connectivity index (χ2v) is 6.30. The monoisotopic (exact) mass is 300 g/mol. The average Bonchev–Trinajstić information content (AvgIpc) is 2.47. The molecule has 0 radical (unpaired) electrons. The molecule has 4 heteroatoms. The van der Waals surface area contributed by atoms with Gasteiger partial charge in [-0.2, -0.15) is 0 Å². The number of halogens is 1. The Morgan fingerprint density at radius 2 is 1.76 bits per heavy atom. The van der Waals surface area contributed by atoms with E-state index in [0.29, 0.717) is 22.1 Å². The Morgan fingerprint density at radius 3 is 2.43 bits per heavy atom. The lowest BCUT2D eigenvalue weighted by molar-refractivity contribution is -0.000381. The molecule has 1 unspecified atom stereocenters. The van der Waals surface area contributed by atoms with Crippen LogP contribution < -0.4 is 5.73 Å². The van der Waals surface area contributed by atoms with E-state index >= 15 is 0 Å². The van der Waals surface area contributed by atoms with Crippen molar-refractivity contribution in [2.45, 2.75) is 19.4 Å². The van der Waals surface area contributed by atoms with Crippen molar-refractivity contribution in [3.8, 4) is 0 Å². The Morgan fingerprint density at radius 1 is 1.10 bits per heavy atom. The Labute approximate surface area is 129 Å². The fourth-order valence-corrected chi connectivity index (χ4v) is 3.05. The lowest BCUT2D eigenvalue weighted by Gasteiger charge is -2.46. The molecule has 1 aliphatic heterocycles. The van der Waals surface area contributed by atoms with Crippen molar-refractivity contribution >= 4 is 23.1 Å². The first-order valence-corrected chi connectivity index (χ1v) is 7.18. The van der Waals surface area contributed by atoms with Gasteiger partial charge in [0.2, 0.25) is 0 Å². The number of nitrogens with zero attached hydrogens (tertiary/aromatic N) is 1. The van der Waals surface area contributed by atoms with Gasteiger partial charge in [-0.15, -0.1) is 0 Å². The van der Waals surface area contributed by atoms with Crippen LogP contribution in [0.2, 0.25) is 5.02 Å². The number of aliphatic hydroxyl groups is 1. The van der Waals surface area contributed by atoms with Crippen molar-refractivity contribution in [2.24, 2.45) is 16.1 Å². The molecule has 0 saturated carbocycles. The van der Waals surface area contributed by atoms with Crippen LogP contribution in [0.15, 0.2) is 53.5 Å². The summed E-state index contributed by atoms with van der Waals surface area (Å²) in [5.74, 6) is 0.406. The maximum atomic E-state index is 11.6. The summed E-state index contributed by atoms with van der Waals surface area (Å²) in [6.45, 7) is 3.78. The van der Waals surface area contributed by atoms with Gasteiger partial charge in [-0.05, 0) is 37.6 Å². The lowest BCUT2D eigenvalue weighted by atomic mass is 9.64. The summed E-state index contributed by atoms with van der Waals surface area (Å²) in [7, 11) is 0. The quantitative estimate of drug-likeness (QED) is 0.845. The summed E-state index contributed by atoms with van der Waals surface area (Å²) in [6, 6.07) is 14.8. The Bertz CT molecular complexity index is 725. The molecule has 1 atom stereocenters. The third-order valence-corrected chi connectivity index (χ3v) is 4.56. The van der Waals surface area contributed by atoms with E-state index in [1.54, 1.807) is 18.2 Å². The topological polar surface area (TPSA) is 58.6 Å². The zero-order chi connectivity index (χ0) is 15.3. The zero-order valence-corrected chi connectivity index (χ0v) is 12.7. The molecule has 21 heavy (non-hydrogen) atoms. The van der Waals surface area contributed by atoms with Gasteiger partial charge < -0.3 is 10.8 Å². The van der Waals surface area contributed by atoms with E-state index in [9.17, 15) is 5.11 Å². The Kier molecular flexibility index (Phi) is 3.08. The second kappa shape index (κ2) is 4.58. The van der Waals surface area contributed by atoms with Gasteiger partial charge in [0.25, 0.3) is 0 Å². The van der Waals surface area contributed by atoms with Crippen molar-refractivity contribution in [2.75, 3.05) is 0 Å². The minimum atomic E-state index is -1.28. The number of amidine groups is 1. The van der Waals surface area contributed by atoms with E-state index in [4.69, 9.17) is 17.3 Å². The number of hydrogen-bond donors (Lipinski definition) is 2. The van der Waals surface area contributed by atoms with Crippen LogP contribution in [0.5, 0.6) is 0 Å². The zero-order valence-electron chi connectivity index (χ0n) is 12.0. The highest BCUT2D eigenvalue weighted by Crippen LogP contribution is 2.51. The standard InChI is InChI=1S/C17H17ClN2O/c1-16(2)15(19)20-14-9-8-12(18)10-13(14)17(16,21)11-6-4-3-5-7-11/h3-10,21H,1-2H3,(H2,19,20). The molecule has 0 fully saturated rings. The highest BCUT2D eigenvalue weighted by molar-refractivity contribution is 6.30. The first-order chi connectivity index (χ1) is 9.87. The molecule has 0 spiro atoms. The predicted octanol–water partition coefficient (Wildman–Crippen LogP) is 3.60. The molecule has 2 aromatic carbocycles. The SMILES string of the molecule is CC1(C)C(N)=Nc2ccc(Cl)cc2C1(O)c1ccccc1. The van der Waals surface area contributed by atoms with Gasteiger partial charge in [0.15, 0.2) is 0 Å². The third kappa shape index (κ3) is 1.88. The summed E-state index contributed by atoms with van der Waals surface area (Å²) in [5.41, 5.74) is 6.22. The highest BCUT2D eigenvalue weighted by atomic mass is 35.5. The van der Waals surface area contributed by atoms with E-state index in [1.807, 2.05) is 44.2 Å². The summed E-state index contributed by atoms with van der Waals surface area (Å²) < 4.78 is 0. The lowest BCUT2D eigenvalue weighted by Crippen LogP contribution is -2.52. The molecular formula is C17H17ClN2O. The summed E-state index contributed by atoms with van der Waals surface area (Å²) in [4.78, 5) is 4.44. The van der Waals surface area contributed by atoms with E-state index in [2.05, 4.69) is 4.99 Å². The Balaban J connectivity index is 2.37. The van der Waals surface area contributed by atoms with E-state index in [-0.39, 0.29) is 0 Å². The van der Waals surface area contributed by atoms with Crippen LogP contribution in [0, 0.1) is 5.41 Å². The van der Waals surface area contributed by atoms with Gasteiger partial charge in [-0.25, -0.2) is 4.99 Å². The van der Waals surface area contributed by atoms with Crippen molar-refractivity contribution in [3.63, 3.8) is 0 Å². The van der Waals surface area contributed by atoms with Gasteiger partial charge in [-0.1, -0.05) is 41.9 Å². The summed E-state index contributed by atoms with van der Waals surface area (Å²) >= 11 is 6.13. The van der Waals surface area contributed by atoms with Crippen LogP contribution in [-0.4, -0.2) is 10.9 Å². The molecule has 3 N–H and O–H groups in total. The molecule has 0 aromatic heterocycles. The molecule has 0 aliphatic carbocycles. The largest absolute Gasteiger partial charge is 0.387 e. The van der Waals surface area contributed by atoms with E-state index in [1.165, 1.54) is 0 Å². The fourth-order valence-electron chi connectivity index (χ4n) is 2.88. The second-order valence-electron chi connectivity index (χ2n) is 5.86. The molecule has 3 nitrogen and oxygen atoms in total. The number of rotatable bonds is 1. The maximum Gasteiger partial charge on any atom is 0.129 e. The van der Waals surface area contributed by atoms with Gasteiger partial charge in [-0.3, -0.25) is 0 Å². The van der Waals surface area contributed by atoms with Crippen molar-refractivity contribution in [3.05, 3.63) is 64.7 Å². The van der Waals surface area contributed by atoms with E-state index < -0.39 is 11.0 Å². The fraction of sp³-hybridized carbons (Fsp3) is 0.235. The van der Waals surface area contributed by atoms with Gasteiger partial charge in [0.05, 0.1) is 11.1 Å². The van der Waals surface area contributed by atoms with Gasteiger partial charge >= 0.3 is 0 Å². The number of benzene rings is 2. The van der Waals surface area contributed by atoms with Crippen LogP contribution in [0.25, 0.3) is 0 Å². The minimum Gasteiger partial charge on any atom is -0.387 e. The van der Waals surface area contributed by atoms with Crippen LogP contribution in [-0.2, 0) is 5.60 Å². The van der Waals surface area contributed by atoms with Crippen LogP contribution in [0.4, 0.5) is 5.69 Å². The van der Waals surface area contributed by atoms with Crippen molar-refractivity contribution in [1.82, 2.24) is 0 Å². The van der Waals surface area contributed by atoms with Crippen molar-refractivity contribution < 1.29 is 5.11 Å². The van der Waals surface area contributed by atoms with Crippen molar-refractivity contribution in [1.29, 1.82) is 0 Å². The molecular weight excluding hydrogens is 284 g/mol. The molecule has 0 saturated heterocycles. The molecule has 1 heterocycles. The van der Waals surface area contributed by atoms with Crippen LogP contribution in [0.3, 0.4) is 0 Å². The summed E-state index contributed by atoms with van der Waals surface area (Å²) in [6.07, 6.45) is 0. The van der Waals surface area contributed by atoms with Crippen LogP contribution >= 0.6 is 11.6 Å². The molecule has 0 amide bonds. The normalized spacial score (nSPS) is 23.3. The van der Waals surface area contributed by atoms with Gasteiger partial charge in [0.1, 0.15) is 11.4 Å². The summed E-state index contributed by atoms with van der Waals surface area (Å²) in [5, 5.41) is 12.2. The van der Waals surface area contributed by atoms with E-state index in [0.717, 1.165) is 5.56 Å². The molecule has 0 bridgehead atoms. The maximum absolute atomic E-state index is 11.6. The average molecular weight is 301 g/mol. The van der Waals surface area contributed by atoms with Gasteiger partial charge in [0, 0.05) is 10.6 Å². The first kappa shape index (κ1) is 14.1. The first-order valence-electron chi connectivity index (χ1n) is 6.80. The number of nitrogens with two attached hydrogens (primary N) is 1. The molecule has 108 valence electrons. The molecule has 1 aliphatic rings. The Hall–Kier alpha value is -1.84. The number of fused-ring (bicyclic) bond motifs is 1. The number of hydrogen-bond acceptors (Lipinski definition) is 3. The predicted molar refractivity (Wildman–Crippen MR) is 86.0 cm³/mol. The minimum absolute atomic E-state index is 0.406. The number of aliphatic imine (C=N–C) groups is 1. The van der Waals surface area contributed by atoms with Crippen LogP contribution in [0.1, 0.15) is 25.0 Å². The molecule has 2 aromatic rings. The third-order valence-electron chi connectivity index (χ3n) is 4.33.